The highest BCUT2D eigenvalue weighted by Crippen LogP contribution is 2.37. The molecule has 0 atom stereocenters. The Morgan fingerprint density at radius 3 is 2.61 bits per heavy atom. The maximum Gasteiger partial charge on any atom is 0.417 e. The van der Waals surface area contributed by atoms with Crippen molar-refractivity contribution in [1.82, 2.24) is 10.1 Å². The van der Waals surface area contributed by atoms with E-state index in [1.54, 1.807) is 0 Å². The van der Waals surface area contributed by atoms with Crippen molar-refractivity contribution in [2.75, 3.05) is 0 Å². The van der Waals surface area contributed by atoms with Crippen LogP contribution in [0.5, 0.6) is 0 Å². The molecule has 1 aromatic carbocycles. The fourth-order valence-corrected chi connectivity index (χ4v) is 1.70. The van der Waals surface area contributed by atoms with E-state index in [9.17, 15) is 18.0 Å². The standard InChI is InChI=1S/C10H4BrF3N2O2/c11-5-1-2-6(7(3-5)10(12,13)14)9-15-8(4-17)18-16-9/h1-4H. The fraction of sp³-hybridized carbons (Fsp3) is 0.100. The van der Waals surface area contributed by atoms with Gasteiger partial charge in [-0.1, -0.05) is 21.1 Å². The van der Waals surface area contributed by atoms with Crippen molar-refractivity contribution in [3.05, 3.63) is 34.1 Å². The largest absolute Gasteiger partial charge is 0.417 e. The molecular formula is C10H4BrF3N2O2. The van der Waals surface area contributed by atoms with Crippen LogP contribution in [0.25, 0.3) is 11.4 Å². The molecule has 1 aromatic heterocycles. The zero-order valence-corrected chi connectivity index (χ0v) is 10.1. The van der Waals surface area contributed by atoms with Crippen LogP contribution in [0.3, 0.4) is 0 Å². The summed E-state index contributed by atoms with van der Waals surface area (Å²) in [5.74, 6) is -0.655. The molecule has 1 heterocycles. The summed E-state index contributed by atoms with van der Waals surface area (Å²) >= 11 is 2.96. The summed E-state index contributed by atoms with van der Waals surface area (Å²) in [6.45, 7) is 0. The normalized spacial score (nSPS) is 11.6. The van der Waals surface area contributed by atoms with Crippen molar-refractivity contribution in [3.8, 4) is 11.4 Å². The van der Waals surface area contributed by atoms with Crippen LogP contribution in [-0.2, 0) is 6.18 Å². The SMILES string of the molecule is O=Cc1nc(-c2ccc(Br)cc2C(F)(F)F)no1. The van der Waals surface area contributed by atoms with Crippen LogP contribution in [0.1, 0.15) is 16.2 Å². The second kappa shape index (κ2) is 4.52. The summed E-state index contributed by atoms with van der Waals surface area (Å²) in [7, 11) is 0. The number of hydrogen-bond acceptors (Lipinski definition) is 4. The number of halogens is 4. The van der Waals surface area contributed by atoms with E-state index in [0.29, 0.717) is 0 Å². The molecule has 0 aliphatic rings. The quantitative estimate of drug-likeness (QED) is 0.796. The van der Waals surface area contributed by atoms with Crippen LogP contribution in [0.15, 0.2) is 27.2 Å². The lowest BCUT2D eigenvalue weighted by Crippen LogP contribution is -2.07. The van der Waals surface area contributed by atoms with Gasteiger partial charge >= 0.3 is 6.18 Å². The number of nitrogens with zero attached hydrogens (tertiary/aromatic N) is 2. The van der Waals surface area contributed by atoms with E-state index in [1.165, 1.54) is 12.1 Å². The Hall–Kier alpha value is -1.70. The minimum Gasteiger partial charge on any atom is -0.331 e. The molecule has 0 saturated carbocycles. The molecule has 0 amide bonds. The van der Waals surface area contributed by atoms with E-state index < -0.39 is 11.7 Å². The number of alkyl halides is 3. The summed E-state index contributed by atoms with van der Waals surface area (Å²) in [6, 6.07) is 3.53. The van der Waals surface area contributed by atoms with Crippen LogP contribution in [-0.4, -0.2) is 16.4 Å². The molecule has 0 N–H and O–H groups in total. The van der Waals surface area contributed by atoms with Gasteiger partial charge in [-0.15, -0.1) is 0 Å². The van der Waals surface area contributed by atoms with Gasteiger partial charge in [-0.3, -0.25) is 4.79 Å². The Kier molecular flexibility index (Phi) is 3.20. The summed E-state index contributed by atoms with van der Waals surface area (Å²) in [4.78, 5) is 13.9. The predicted molar refractivity (Wildman–Crippen MR) is 57.8 cm³/mol. The first-order chi connectivity index (χ1) is 8.41. The molecule has 0 aliphatic heterocycles. The monoisotopic (exact) mass is 320 g/mol. The third kappa shape index (κ3) is 2.42. The molecular weight excluding hydrogens is 317 g/mol. The lowest BCUT2D eigenvalue weighted by Gasteiger charge is -2.10. The molecule has 0 aliphatic carbocycles. The molecule has 0 fully saturated rings. The number of aldehydes is 1. The van der Waals surface area contributed by atoms with Gasteiger partial charge in [0.05, 0.1) is 5.56 Å². The van der Waals surface area contributed by atoms with Crippen molar-refractivity contribution in [2.24, 2.45) is 0 Å². The van der Waals surface area contributed by atoms with E-state index in [-0.39, 0.29) is 28.0 Å². The predicted octanol–water partition coefficient (Wildman–Crippen LogP) is 3.33. The second-order valence-corrected chi connectivity index (χ2v) is 4.18. The van der Waals surface area contributed by atoms with E-state index in [4.69, 9.17) is 0 Å². The van der Waals surface area contributed by atoms with Crippen molar-refractivity contribution < 1.29 is 22.5 Å². The van der Waals surface area contributed by atoms with E-state index >= 15 is 0 Å². The number of aromatic nitrogens is 2. The number of rotatable bonds is 2. The van der Waals surface area contributed by atoms with Gasteiger partial charge in [0.2, 0.25) is 12.1 Å². The fourth-order valence-electron chi connectivity index (χ4n) is 1.34. The van der Waals surface area contributed by atoms with Gasteiger partial charge in [-0.2, -0.15) is 18.2 Å². The number of carbonyl (C=O) groups is 1. The molecule has 0 spiro atoms. The average Bonchev–Trinajstić information content (AvgIpc) is 2.76. The lowest BCUT2D eigenvalue weighted by atomic mass is 10.1. The third-order valence-corrected chi connectivity index (χ3v) is 2.56. The van der Waals surface area contributed by atoms with Crippen molar-refractivity contribution >= 4 is 22.2 Å². The number of carbonyl (C=O) groups excluding carboxylic acids is 1. The Balaban J connectivity index is 2.60. The zero-order valence-electron chi connectivity index (χ0n) is 8.53. The number of hydrogen-bond donors (Lipinski definition) is 0. The van der Waals surface area contributed by atoms with Crippen LogP contribution in [0.2, 0.25) is 0 Å². The third-order valence-electron chi connectivity index (χ3n) is 2.07. The maximum absolute atomic E-state index is 12.8. The van der Waals surface area contributed by atoms with Crippen molar-refractivity contribution in [2.45, 2.75) is 6.18 Å². The van der Waals surface area contributed by atoms with Crippen LogP contribution in [0, 0.1) is 0 Å². The molecule has 4 nitrogen and oxygen atoms in total. The molecule has 2 aromatic rings. The summed E-state index contributed by atoms with van der Waals surface area (Å²) in [5, 5.41) is 3.33. The summed E-state index contributed by atoms with van der Waals surface area (Å²) < 4.78 is 43.2. The maximum atomic E-state index is 12.8. The van der Waals surface area contributed by atoms with Crippen LogP contribution in [0.4, 0.5) is 13.2 Å². The molecule has 8 heteroatoms. The topological polar surface area (TPSA) is 56.0 Å². The first kappa shape index (κ1) is 12.7. The van der Waals surface area contributed by atoms with Gasteiger partial charge in [0.25, 0.3) is 5.89 Å². The number of benzene rings is 1. The summed E-state index contributed by atoms with van der Waals surface area (Å²) in [5.41, 5.74) is -1.15. The van der Waals surface area contributed by atoms with Gasteiger partial charge in [-0.25, -0.2) is 0 Å². The first-order valence-electron chi connectivity index (χ1n) is 4.58. The van der Waals surface area contributed by atoms with Gasteiger partial charge in [-0.05, 0) is 18.2 Å². The zero-order chi connectivity index (χ0) is 13.3. The van der Waals surface area contributed by atoms with Crippen molar-refractivity contribution in [3.63, 3.8) is 0 Å². The van der Waals surface area contributed by atoms with Gasteiger partial charge in [0, 0.05) is 10.0 Å². The second-order valence-electron chi connectivity index (χ2n) is 3.26. The van der Waals surface area contributed by atoms with Crippen LogP contribution >= 0.6 is 15.9 Å². The Morgan fingerprint density at radius 1 is 1.33 bits per heavy atom. The molecule has 0 unspecified atom stereocenters. The lowest BCUT2D eigenvalue weighted by molar-refractivity contribution is -0.137. The first-order valence-corrected chi connectivity index (χ1v) is 5.37. The Labute approximate surface area is 107 Å². The van der Waals surface area contributed by atoms with E-state index in [0.717, 1.165) is 6.07 Å². The smallest absolute Gasteiger partial charge is 0.331 e. The highest BCUT2D eigenvalue weighted by Gasteiger charge is 2.35. The van der Waals surface area contributed by atoms with Gasteiger partial charge in [0.15, 0.2) is 0 Å². The van der Waals surface area contributed by atoms with Gasteiger partial charge < -0.3 is 4.52 Å². The minimum absolute atomic E-state index is 0.248. The Bertz CT molecular complexity index is 595. The minimum atomic E-state index is -4.55. The van der Waals surface area contributed by atoms with Crippen LogP contribution < -0.4 is 0 Å². The average molecular weight is 321 g/mol. The molecule has 18 heavy (non-hydrogen) atoms. The molecule has 0 saturated heterocycles. The molecule has 0 bridgehead atoms. The Morgan fingerprint density at radius 2 is 2.06 bits per heavy atom. The molecule has 2 rings (SSSR count). The van der Waals surface area contributed by atoms with E-state index in [2.05, 4.69) is 30.6 Å². The molecule has 94 valence electrons. The summed E-state index contributed by atoms with van der Waals surface area (Å²) in [6.07, 6.45) is -4.29. The highest BCUT2D eigenvalue weighted by molar-refractivity contribution is 9.10. The van der Waals surface area contributed by atoms with Crippen molar-refractivity contribution in [1.29, 1.82) is 0 Å². The molecule has 0 radical (unpaired) electrons. The van der Waals surface area contributed by atoms with Gasteiger partial charge in [0.1, 0.15) is 0 Å². The highest BCUT2D eigenvalue weighted by atomic mass is 79.9. The van der Waals surface area contributed by atoms with E-state index in [1.807, 2.05) is 0 Å².